The van der Waals surface area contributed by atoms with Gasteiger partial charge in [0.25, 0.3) is 5.91 Å². The Morgan fingerprint density at radius 3 is 2.39 bits per heavy atom. The largest absolute Gasteiger partial charge is 0.479 e. The molecule has 0 bridgehead atoms. The van der Waals surface area contributed by atoms with Crippen molar-refractivity contribution in [2.45, 2.75) is 19.9 Å². The van der Waals surface area contributed by atoms with E-state index in [0.717, 1.165) is 11.3 Å². The van der Waals surface area contributed by atoms with Crippen LogP contribution in [0.1, 0.15) is 33.9 Å². The van der Waals surface area contributed by atoms with Crippen molar-refractivity contribution in [3.63, 3.8) is 0 Å². The van der Waals surface area contributed by atoms with E-state index in [1.165, 1.54) is 14.0 Å². The van der Waals surface area contributed by atoms with E-state index < -0.39 is 29.8 Å². The van der Waals surface area contributed by atoms with E-state index >= 15 is 0 Å². The Hall–Kier alpha value is -2.92. The van der Waals surface area contributed by atoms with Gasteiger partial charge in [0.2, 0.25) is 5.91 Å². The maximum Gasteiger partial charge on any atom is 0.351 e. The predicted molar refractivity (Wildman–Crippen MR) is 117 cm³/mol. The molecule has 0 saturated heterocycles. The number of benzene rings is 1. The van der Waals surface area contributed by atoms with Gasteiger partial charge in [0.05, 0.1) is 23.1 Å². The van der Waals surface area contributed by atoms with Crippen LogP contribution < -0.4 is 15.8 Å². The summed E-state index contributed by atoms with van der Waals surface area (Å²) >= 11 is 4.52. The first-order chi connectivity index (χ1) is 14.7. The number of nitrogens with one attached hydrogen (secondary N) is 1. The summed E-state index contributed by atoms with van der Waals surface area (Å²) in [6.45, 7) is 3.00. The average molecular weight is 513 g/mol. The summed E-state index contributed by atoms with van der Waals surface area (Å²) in [5.41, 5.74) is 6.17. The molecule has 2 aromatic rings. The number of esters is 2. The van der Waals surface area contributed by atoms with E-state index in [2.05, 4.69) is 21.2 Å². The van der Waals surface area contributed by atoms with E-state index in [1.807, 2.05) is 0 Å². The van der Waals surface area contributed by atoms with Crippen LogP contribution in [0.4, 0.5) is 0 Å². The molecule has 3 N–H and O–H groups in total. The maximum atomic E-state index is 12.2. The zero-order valence-electron chi connectivity index (χ0n) is 17.0. The van der Waals surface area contributed by atoms with Crippen LogP contribution in [0, 0.1) is 0 Å². The number of halogens is 1. The van der Waals surface area contributed by atoms with E-state index in [0.29, 0.717) is 20.5 Å². The van der Waals surface area contributed by atoms with Gasteiger partial charge in [-0.1, -0.05) is 12.1 Å². The van der Waals surface area contributed by atoms with Crippen LogP contribution in [0.5, 0.6) is 5.75 Å². The fraction of sp³-hybridized carbons (Fsp3) is 0.300. The Labute approximate surface area is 191 Å². The van der Waals surface area contributed by atoms with Crippen LogP contribution >= 0.6 is 27.3 Å². The number of thiophene rings is 1. The van der Waals surface area contributed by atoms with E-state index in [9.17, 15) is 19.2 Å². The topological polar surface area (TPSA) is 134 Å². The normalized spacial score (nSPS) is 11.4. The van der Waals surface area contributed by atoms with E-state index in [1.54, 1.807) is 31.2 Å². The minimum Gasteiger partial charge on any atom is -0.479 e. The summed E-state index contributed by atoms with van der Waals surface area (Å²) in [6, 6.07) is 5.69. The molecule has 11 heteroatoms. The molecule has 0 aliphatic heterocycles. The van der Waals surface area contributed by atoms with Crippen molar-refractivity contribution in [2.24, 2.45) is 5.73 Å². The molecule has 0 aliphatic carbocycles. The maximum absolute atomic E-state index is 12.2. The molecule has 0 aliphatic rings. The Morgan fingerprint density at radius 2 is 1.84 bits per heavy atom. The standard InChI is InChI=1S/C20H21BrN2O7S/c1-4-29-13(24)9-30-15-14(21)16(31-17(15)20(27)28-3)11-5-7-12(8-6-11)19(26)23-10(2)18(22)25/h5-8,10H,4,9H2,1-3H3,(H2,22,25)(H,23,26). The van der Waals surface area contributed by atoms with E-state index in [4.69, 9.17) is 19.9 Å². The van der Waals surface area contributed by atoms with Crippen molar-refractivity contribution in [1.29, 1.82) is 0 Å². The molecule has 2 amide bonds. The molecular formula is C20H21BrN2O7S. The van der Waals surface area contributed by atoms with Gasteiger partial charge in [-0.05, 0) is 47.5 Å². The van der Waals surface area contributed by atoms with Gasteiger partial charge in [0.15, 0.2) is 17.2 Å². The molecule has 1 heterocycles. The summed E-state index contributed by atoms with van der Waals surface area (Å²) in [5.74, 6) is -2.11. The highest BCUT2D eigenvalue weighted by Gasteiger charge is 2.25. The fourth-order valence-corrected chi connectivity index (χ4v) is 4.37. The highest BCUT2D eigenvalue weighted by molar-refractivity contribution is 9.10. The Kier molecular flexibility index (Phi) is 8.57. The first-order valence-electron chi connectivity index (χ1n) is 9.09. The third kappa shape index (κ3) is 6.05. The van der Waals surface area contributed by atoms with Crippen molar-refractivity contribution in [3.8, 4) is 16.2 Å². The van der Waals surface area contributed by atoms with Crippen molar-refractivity contribution in [1.82, 2.24) is 5.32 Å². The molecule has 1 unspecified atom stereocenters. The molecule has 1 aromatic heterocycles. The smallest absolute Gasteiger partial charge is 0.351 e. The third-order valence-electron chi connectivity index (χ3n) is 4.00. The van der Waals surface area contributed by atoms with Crippen LogP contribution in [0.25, 0.3) is 10.4 Å². The summed E-state index contributed by atoms with van der Waals surface area (Å²) in [4.78, 5) is 47.9. The highest BCUT2D eigenvalue weighted by atomic mass is 79.9. The van der Waals surface area contributed by atoms with Gasteiger partial charge in [0.1, 0.15) is 6.04 Å². The van der Waals surface area contributed by atoms with E-state index in [-0.39, 0.29) is 23.8 Å². The highest BCUT2D eigenvalue weighted by Crippen LogP contribution is 2.45. The molecule has 9 nitrogen and oxygen atoms in total. The lowest BCUT2D eigenvalue weighted by Gasteiger charge is -2.10. The molecule has 31 heavy (non-hydrogen) atoms. The van der Waals surface area contributed by atoms with Crippen molar-refractivity contribution in [3.05, 3.63) is 39.2 Å². The monoisotopic (exact) mass is 512 g/mol. The van der Waals surface area contributed by atoms with Crippen LogP contribution in [0.2, 0.25) is 0 Å². The van der Waals surface area contributed by atoms with Gasteiger partial charge in [-0.3, -0.25) is 9.59 Å². The number of amides is 2. The molecule has 0 saturated carbocycles. The van der Waals surface area contributed by atoms with Gasteiger partial charge in [0, 0.05) is 5.56 Å². The Bertz CT molecular complexity index is 988. The summed E-state index contributed by atoms with van der Waals surface area (Å²) in [6.07, 6.45) is 0. The number of carbonyl (C=O) groups excluding carboxylic acids is 4. The lowest BCUT2D eigenvalue weighted by atomic mass is 10.1. The lowest BCUT2D eigenvalue weighted by Crippen LogP contribution is -2.42. The number of hydrogen-bond donors (Lipinski definition) is 2. The Balaban J connectivity index is 2.31. The fourth-order valence-electron chi connectivity index (χ4n) is 2.40. The third-order valence-corrected chi connectivity index (χ3v) is 6.22. The zero-order valence-corrected chi connectivity index (χ0v) is 19.4. The molecule has 0 spiro atoms. The first kappa shape index (κ1) is 24.4. The SMILES string of the molecule is CCOC(=O)COc1c(C(=O)OC)sc(-c2ccc(C(=O)NC(C)C(N)=O)cc2)c1Br. The second-order valence-corrected chi connectivity index (χ2v) is 7.98. The molecule has 1 aromatic carbocycles. The van der Waals surface area contributed by atoms with Crippen molar-refractivity contribution < 1.29 is 33.4 Å². The summed E-state index contributed by atoms with van der Waals surface area (Å²) in [5, 5.41) is 2.49. The number of carbonyl (C=O) groups is 4. The molecule has 166 valence electrons. The number of hydrogen-bond acceptors (Lipinski definition) is 8. The number of methoxy groups -OCH3 is 1. The summed E-state index contributed by atoms with van der Waals surface area (Å²) < 4.78 is 15.6. The van der Waals surface area contributed by atoms with Gasteiger partial charge < -0.3 is 25.3 Å². The molecule has 2 rings (SSSR count). The minimum absolute atomic E-state index is 0.164. The second kappa shape index (κ2) is 10.9. The van der Waals surface area contributed by atoms with Crippen LogP contribution in [0.3, 0.4) is 0 Å². The average Bonchev–Trinajstić information content (AvgIpc) is 3.08. The Morgan fingerprint density at radius 1 is 1.19 bits per heavy atom. The summed E-state index contributed by atoms with van der Waals surface area (Å²) in [7, 11) is 1.24. The van der Waals surface area contributed by atoms with Crippen LogP contribution in [-0.4, -0.2) is 50.1 Å². The number of rotatable bonds is 9. The zero-order chi connectivity index (χ0) is 23.1. The molecular weight excluding hydrogens is 492 g/mol. The van der Waals surface area contributed by atoms with Gasteiger partial charge in [-0.15, -0.1) is 11.3 Å². The van der Waals surface area contributed by atoms with Crippen LogP contribution in [0.15, 0.2) is 28.7 Å². The van der Waals surface area contributed by atoms with Gasteiger partial charge in [-0.2, -0.15) is 0 Å². The molecule has 0 radical (unpaired) electrons. The van der Waals surface area contributed by atoms with Gasteiger partial charge in [-0.25, -0.2) is 9.59 Å². The minimum atomic E-state index is -0.805. The second-order valence-electron chi connectivity index (χ2n) is 6.16. The number of ether oxygens (including phenoxy) is 3. The quantitative estimate of drug-likeness (QED) is 0.492. The van der Waals surface area contributed by atoms with Crippen molar-refractivity contribution >= 4 is 51.0 Å². The number of primary amides is 1. The molecule has 1 atom stereocenters. The first-order valence-corrected chi connectivity index (χ1v) is 10.7. The molecule has 0 fully saturated rings. The number of nitrogens with two attached hydrogens (primary N) is 1. The van der Waals surface area contributed by atoms with Gasteiger partial charge >= 0.3 is 11.9 Å². The van der Waals surface area contributed by atoms with Crippen molar-refractivity contribution in [2.75, 3.05) is 20.3 Å². The van der Waals surface area contributed by atoms with Crippen LogP contribution in [-0.2, 0) is 19.1 Å². The lowest BCUT2D eigenvalue weighted by molar-refractivity contribution is -0.145. The predicted octanol–water partition coefficient (Wildman–Crippen LogP) is 2.51.